The van der Waals surface area contributed by atoms with Crippen LogP contribution in [0.2, 0.25) is 0 Å². The molecular weight excluding hydrogens is 263 g/mol. The van der Waals surface area contributed by atoms with Crippen LogP contribution in [-0.4, -0.2) is 16.5 Å². The number of hydrogen-bond donors (Lipinski definition) is 1. The Morgan fingerprint density at radius 3 is 2.65 bits per heavy atom. The molecule has 17 heavy (non-hydrogen) atoms. The third-order valence-corrected chi connectivity index (χ3v) is 3.09. The van der Waals surface area contributed by atoms with Crippen LogP contribution in [0.1, 0.15) is 0 Å². The molecule has 6 heteroatoms. The smallest absolute Gasteiger partial charge is 0.274 e. The van der Waals surface area contributed by atoms with E-state index in [1.165, 1.54) is 11.3 Å². The van der Waals surface area contributed by atoms with E-state index in [-0.39, 0.29) is 0 Å². The number of alkyl halides is 2. The maximum atomic E-state index is 12.4. The first-order valence-electron chi connectivity index (χ1n) is 4.75. The van der Waals surface area contributed by atoms with Crippen molar-refractivity contribution < 1.29 is 9.18 Å². The van der Waals surface area contributed by atoms with E-state index in [0.29, 0.717) is 5.69 Å². The van der Waals surface area contributed by atoms with Gasteiger partial charge in [-0.05, 0) is 17.7 Å². The molecule has 1 atom stereocenters. The van der Waals surface area contributed by atoms with E-state index in [2.05, 4.69) is 10.3 Å². The molecule has 0 aliphatic rings. The van der Waals surface area contributed by atoms with Crippen molar-refractivity contribution in [3.63, 3.8) is 0 Å². The molecule has 2 aromatic rings. The van der Waals surface area contributed by atoms with Gasteiger partial charge in [-0.3, -0.25) is 9.78 Å². The van der Waals surface area contributed by atoms with Crippen molar-refractivity contribution in [3.8, 4) is 10.4 Å². The molecule has 1 aromatic heterocycles. The summed E-state index contributed by atoms with van der Waals surface area (Å²) in [4.78, 5) is 16.0. The van der Waals surface area contributed by atoms with Gasteiger partial charge >= 0.3 is 0 Å². The van der Waals surface area contributed by atoms with E-state index >= 15 is 0 Å². The molecular formula is C11H8ClFN2OS. The number of hydrogen-bond acceptors (Lipinski definition) is 3. The molecule has 1 aromatic carbocycles. The summed E-state index contributed by atoms with van der Waals surface area (Å²) in [5, 5.41) is 2.36. The average Bonchev–Trinajstić information content (AvgIpc) is 2.83. The number of amides is 1. The number of nitrogens with one attached hydrogen (secondary N) is 1. The highest BCUT2D eigenvalue weighted by molar-refractivity contribution is 7.13. The number of thiazole rings is 1. The highest BCUT2D eigenvalue weighted by Gasteiger charge is 2.12. The number of carbonyl (C=O) groups excluding carboxylic acids is 1. The Bertz CT molecular complexity index is 499. The first kappa shape index (κ1) is 12.0. The monoisotopic (exact) mass is 270 g/mol. The van der Waals surface area contributed by atoms with Gasteiger partial charge in [0.15, 0.2) is 0 Å². The van der Waals surface area contributed by atoms with Crippen LogP contribution in [0.3, 0.4) is 0 Å². The van der Waals surface area contributed by atoms with E-state index in [1.54, 1.807) is 23.8 Å². The molecule has 0 bridgehead atoms. The van der Waals surface area contributed by atoms with Gasteiger partial charge in [0.05, 0.1) is 10.4 Å². The molecule has 1 amide bonds. The first-order valence-corrected chi connectivity index (χ1v) is 6.06. The maximum absolute atomic E-state index is 12.4. The summed E-state index contributed by atoms with van der Waals surface area (Å²) in [7, 11) is 0. The van der Waals surface area contributed by atoms with Gasteiger partial charge in [0, 0.05) is 11.9 Å². The summed E-state index contributed by atoms with van der Waals surface area (Å²) < 4.78 is 12.4. The second kappa shape index (κ2) is 5.25. The van der Waals surface area contributed by atoms with Gasteiger partial charge in [0.1, 0.15) is 0 Å². The standard InChI is InChI=1S/C11H8ClFN2OS/c12-10(13)11(16)15-8-3-1-7(2-4-8)9-5-14-6-17-9/h1-6,10H,(H,15,16)/t10-/m0/s1. The minimum atomic E-state index is -2.03. The zero-order valence-corrected chi connectivity index (χ0v) is 10.1. The Labute approximate surface area is 106 Å². The Morgan fingerprint density at radius 2 is 2.12 bits per heavy atom. The molecule has 0 aliphatic heterocycles. The lowest BCUT2D eigenvalue weighted by atomic mass is 10.2. The van der Waals surface area contributed by atoms with E-state index in [1.807, 2.05) is 12.1 Å². The third kappa shape index (κ3) is 3.01. The molecule has 1 heterocycles. The van der Waals surface area contributed by atoms with Crippen LogP contribution < -0.4 is 5.32 Å². The average molecular weight is 271 g/mol. The van der Waals surface area contributed by atoms with Crippen LogP contribution in [0.5, 0.6) is 0 Å². The minimum Gasteiger partial charge on any atom is -0.322 e. The van der Waals surface area contributed by atoms with Gasteiger partial charge in [-0.15, -0.1) is 11.3 Å². The third-order valence-electron chi connectivity index (χ3n) is 2.07. The highest BCUT2D eigenvalue weighted by atomic mass is 35.5. The van der Waals surface area contributed by atoms with Crippen molar-refractivity contribution in [1.29, 1.82) is 0 Å². The zero-order valence-electron chi connectivity index (χ0n) is 8.56. The Hall–Kier alpha value is -1.46. The summed E-state index contributed by atoms with van der Waals surface area (Å²) in [6.07, 6.45) is 1.76. The lowest BCUT2D eigenvalue weighted by Crippen LogP contribution is -2.19. The molecule has 0 radical (unpaired) electrons. The van der Waals surface area contributed by atoms with E-state index < -0.39 is 11.5 Å². The van der Waals surface area contributed by atoms with Crippen molar-refractivity contribution in [2.45, 2.75) is 5.63 Å². The zero-order chi connectivity index (χ0) is 12.3. The number of aromatic nitrogens is 1. The van der Waals surface area contributed by atoms with E-state index in [9.17, 15) is 9.18 Å². The van der Waals surface area contributed by atoms with E-state index in [0.717, 1.165) is 10.4 Å². The fraction of sp³-hybridized carbons (Fsp3) is 0.0909. The van der Waals surface area contributed by atoms with Crippen LogP contribution in [0, 0.1) is 0 Å². The summed E-state index contributed by atoms with van der Waals surface area (Å²) in [6.45, 7) is 0. The van der Waals surface area contributed by atoms with Gasteiger partial charge in [-0.2, -0.15) is 0 Å². The maximum Gasteiger partial charge on any atom is 0.274 e. The molecule has 0 aliphatic carbocycles. The SMILES string of the molecule is O=C(Nc1ccc(-c2cncs2)cc1)[C@H](F)Cl. The van der Waals surface area contributed by atoms with Crippen LogP contribution in [0.15, 0.2) is 36.0 Å². The summed E-state index contributed by atoms with van der Waals surface area (Å²) in [5.41, 5.74) is 1.21. The first-order chi connectivity index (χ1) is 8.16. The number of benzene rings is 1. The number of carbonyl (C=O) groups is 1. The van der Waals surface area contributed by atoms with Crippen molar-refractivity contribution in [2.75, 3.05) is 5.32 Å². The number of halogens is 2. The Morgan fingerprint density at radius 1 is 1.41 bits per heavy atom. The number of anilines is 1. The molecule has 88 valence electrons. The normalized spacial score (nSPS) is 12.1. The van der Waals surface area contributed by atoms with Crippen molar-refractivity contribution in [3.05, 3.63) is 36.0 Å². The summed E-state index contributed by atoms with van der Waals surface area (Å²) in [6, 6.07) is 7.02. The quantitative estimate of drug-likeness (QED) is 0.870. The molecule has 0 spiro atoms. The summed E-state index contributed by atoms with van der Waals surface area (Å²) >= 11 is 6.53. The van der Waals surface area contributed by atoms with Gasteiger partial charge in [0.25, 0.3) is 11.5 Å². The van der Waals surface area contributed by atoms with Crippen molar-refractivity contribution in [2.24, 2.45) is 0 Å². The number of rotatable bonds is 3. The largest absolute Gasteiger partial charge is 0.322 e. The van der Waals surface area contributed by atoms with E-state index in [4.69, 9.17) is 11.6 Å². The predicted octanol–water partition coefficient (Wildman–Crippen LogP) is 3.28. The molecule has 1 N–H and O–H groups in total. The lowest BCUT2D eigenvalue weighted by molar-refractivity contribution is -0.118. The van der Waals surface area contributed by atoms with Crippen LogP contribution >= 0.6 is 22.9 Å². The van der Waals surface area contributed by atoms with Crippen molar-refractivity contribution >= 4 is 34.5 Å². The van der Waals surface area contributed by atoms with Crippen LogP contribution in [0.4, 0.5) is 10.1 Å². The Kier molecular flexibility index (Phi) is 3.71. The molecule has 0 unspecified atom stereocenters. The van der Waals surface area contributed by atoms with Gasteiger partial charge in [-0.25, -0.2) is 4.39 Å². The second-order valence-corrected chi connectivity index (χ2v) is 4.50. The molecule has 0 saturated heterocycles. The van der Waals surface area contributed by atoms with Gasteiger partial charge in [0.2, 0.25) is 0 Å². The molecule has 0 saturated carbocycles. The van der Waals surface area contributed by atoms with Crippen molar-refractivity contribution in [1.82, 2.24) is 4.98 Å². The topological polar surface area (TPSA) is 42.0 Å². The molecule has 3 nitrogen and oxygen atoms in total. The fourth-order valence-electron chi connectivity index (χ4n) is 1.27. The molecule has 2 rings (SSSR count). The second-order valence-electron chi connectivity index (χ2n) is 3.23. The highest BCUT2D eigenvalue weighted by Crippen LogP contribution is 2.24. The summed E-state index contributed by atoms with van der Waals surface area (Å²) in [5.74, 6) is -0.864. The van der Waals surface area contributed by atoms with Crippen LogP contribution in [-0.2, 0) is 4.79 Å². The Balaban J connectivity index is 2.11. The lowest BCUT2D eigenvalue weighted by Gasteiger charge is -2.05. The van der Waals surface area contributed by atoms with Gasteiger partial charge < -0.3 is 5.32 Å². The van der Waals surface area contributed by atoms with Gasteiger partial charge in [-0.1, -0.05) is 23.7 Å². The predicted molar refractivity (Wildman–Crippen MR) is 66.9 cm³/mol. The minimum absolute atomic E-state index is 0.506. The number of nitrogens with zero attached hydrogens (tertiary/aromatic N) is 1. The molecule has 0 fully saturated rings. The van der Waals surface area contributed by atoms with Crippen LogP contribution in [0.25, 0.3) is 10.4 Å². The fourth-order valence-corrected chi connectivity index (χ4v) is 1.96.